The molecular weight excluding hydrogens is 519 g/mol. The maximum atomic E-state index is 14.4. The minimum atomic E-state index is -0.433. The standard InChI is InChI=1S/C32H37FN6O2/c1-5-38(21(2)3)31(40)26-17-24(33)10-12-29(26)39-20-23(25-13-14-34-18-30(25)39)8-6-7-15-37(4)19-22-9-11-27-28(16-22)36-32(41)35-27/h9-14,16-18,20-21H,5-8,15,19H2,1-4H3,(H2,35,36,41). The number of nitrogens with zero attached hydrogens (tertiary/aromatic N) is 4. The largest absolute Gasteiger partial charge is 0.336 e. The summed E-state index contributed by atoms with van der Waals surface area (Å²) in [6.45, 7) is 8.13. The van der Waals surface area contributed by atoms with Gasteiger partial charge in [0.1, 0.15) is 5.82 Å². The van der Waals surface area contributed by atoms with Gasteiger partial charge in [0.15, 0.2) is 0 Å². The van der Waals surface area contributed by atoms with Gasteiger partial charge in [-0.1, -0.05) is 6.07 Å². The lowest BCUT2D eigenvalue weighted by atomic mass is 10.1. The lowest BCUT2D eigenvalue weighted by Crippen LogP contribution is -2.37. The lowest BCUT2D eigenvalue weighted by Gasteiger charge is -2.26. The third-order valence-corrected chi connectivity index (χ3v) is 7.63. The highest BCUT2D eigenvalue weighted by atomic mass is 19.1. The Morgan fingerprint density at radius 1 is 1.07 bits per heavy atom. The number of amides is 1. The van der Waals surface area contributed by atoms with E-state index in [-0.39, 0.29) is 17.6 Å². The van der Waals surface area contributed by atoms with Crippen LogP contribution in [0, 0.1) is 5.82 Å². The Bertz CT molecular complexity index is 1730. The van der Waals surface area contributed by atoms with Crippen LogP contribution in [0.5, 0.6) is 0 Å². The van der Waals surface area contributed by atoms with Crippen LogP contribution in [0.4, 0.5) is 4.39 Å². The first-order chi connectivity index (χ1) is 19.7. The van der Waals surface area contributed by atoms with Gasteiger partial charge in [0.05, 0.1) is 34.0 Å². The van der Waals surface area contributed by atoms with Crippen molar-refractivity contribution in [3.63, 3.8) is 0 Å². The average molecular weight is 557 g/mol. The van der Waals surface area contributed by atoms with Crippen LogP contribution in [0.15, 0.2) is 65.8 Å². The van der Waals surface area contributed by atoms with E-state index in [4.69, 9.17) is 0 Å². The first-order valence-electron chi connectivity index (χ1n) is 14.2. The van der Waals surface area contributed by atoms with Crippen LogP contribution < -0.4 is 5.69 Å². The van der Waals surface area contributed by atoms with Crippen LogP contribution in [0.2, 0.25) is 0 Å². The quantitative estimate of drug-likeness (QED) is 0.206. The van der Waals surface area contributed by atoms with Crippen molar-refractivity contribution in [2.45, 2.75) is 52.6 Å². The van der Waals surface area contributed by atoms with E-state index in [0.29, 0.717) is 17.8 Å². The van der Waals surface area contributed by atoms with E-state index in [9.17, 15) is 14.0 Å². The molecule has 0 aliphatic heterocycles. The number of carbonyl (C=O) groups excluding carboxylic acids is 1. The first kappa shape index (κ1) is 28.3. The van der Waals surface area contributed by atoms with Crippen molar-refractivity contribution in [3.8, 4) is 5.69 Å². The van der Waals surface area contributed by atoms with Gasteiger partial charge < -0.3 is 24.3 Å². The zero-order chi connectivity index (χ0) is 29.1. The molecule has 0 unspecified atom stereocenters. The molecule has 214 valence electrons. The molecule has 3 aromatic heterocycles. The first-order valence-corrected chi connectivity index (χ1v) is 14.2. The molecule has 9 heteroatoms. The lowest BCUT2D eigenvalue weighted by molar-refractivity contribution is 0.0716. The number of carbonyl (C=O) groups is 1. The SMILES string of the molecule is CCN(C(=O)c1cc(F)ccc1-n1cc(CCCCN(C)Cc2ccc3[nH]c(=O)[nH]c3c2)c2ccncc21)C(C)C. The Labute approximate surface area is 238 Å². The Balaban J connectivity index is 1.31. The Morgan fingerprint density at radius 2 is 1.88 bits per heavy atom. The van der Waals surface area contributed by atoms with E-state index >= 15 is 0 Å². The molecule has 2 aromatic carbocycles. The van der Waals surface area contributed by atoms with E-state index in [1.165, 1.54) is 17.7 Å². The van der Waals surface area contributed by atoms with Crippen LogP contribution in [-0.4, -0.2) is 61.4 Å². The summed E-state index contributed by atoms with van der Waals surface area (Å²) in [5.41, 5.74) is 5.66. The highest BCUT2D eigenvalue weighted by Crippen LogP contribution is 2.28. The van der Waals surface area contributed by atoms with E-state index < -0.39 is 5.82 Å². The van der Waals surface area contributed by atoms with Crippen LogP contribution in [-0.2, 0) is 13.0 Å². The Morgan fingerprint density at radius 3 is 2.66 bits per heavy atom. The molecule has 0 fully saturated rings. The number of unbranched alkanes of at least 4 members (excludes halogenated alkanes) is 1. The fourth-order valence-electron chi connectivity index (χ4n) is 5.60. The molecule has 3 heterocycles. The van der Waals surface area contributed by atoms with Gasteiger partial charge in [-0.2, -0.15) is 0 Å². The number of aryl methyl sites for hydroxylation is 1. The highest BCUT2D eigenvalue weighted by Gasteiger charge is 2.23. The molecule has 8 nitrogen and oxygen atoms in total. The molecule has 0 aliphatic rings. The molecule has 41 heavy (non-hydrogen) atoms. The number of H-pyrrole nitrogens is 2. The minimum absolute atomic E-state index is 0.000883. The number of pyridine rings is 1. The van der Waals surface area contributed by atoms with Crippen molar-refractivity contribution >= 4 is 27.8 Å². The summed E-state index contributed by atoms with van der Waals surface area (Å²) < 4.78 is 16.4. The average Bonchev–Trinajstić information content (AvgIpc) is 3.50. The summed E-state index contributed by atoms with van der Waals surface area (Å²) in [6, 6.07) is 12.4. The zero-order valence-electron chi connectivity index (χ0n) is 24.1. The number of aromatic nitrogens is 4. The molecule has 0 bridgehead atoms. The third-order valence-electron chi connectivity index (χ3n) is 7.63. The van der Waals surface area contributed by atoms with Crippen molar-refractivity contribution in [3.05, 3.63) is 94.0 Å². The van der Waals surface area contributed by atoms with Crippen molar-refractivity contribution in [1.29, 1.82) is 0 Å². The number of hydrogen-bond acceptors (Lipinski definition) is 4. The normalized spacial score (nSPS) is 11.8. The molecule has 5 rings (SSSR count). The van der Waals surface area contributed by atoms with Crippen LogP contribution >= 0.6 is 0 Å². The number of hydrogen-bond donors (Lipinski definition) is 2. The van der Waals surface area contributed by atoms with Crippen LogP contribution in [0.1, 0.15) is 55.1 Å². The number of fused-ring (bicyclic) bond motifs is 2. The fraction of sp³-hybridized carbons (Fsp3) is 0.344. The van der Waals surface area contributed by atoms with E-state index in [2.05, 4.69) is 33.1 Å². The topological polar surface area (TPSA) is 90.0 Å². The Hall–Kier alpha value is -4.24. The monoisotopic (exact) mass is 556 g/mol. The number of halogens is 1. The second kappa shape index (κ2) is 12.1. The summed E-state index contributed by atoms with van der Waals surface area (Å²) in [4.78, 5) is 39.0. The molecule has 0 aliphatic carbocycles. The van der Waals surface area contributed by atoms with Gasteiger partial charge in [-0.05, 0) is 101 Å². The molecule has 0 spiro atoms. The van der Waals surface area contributed by atoms with Crippen molar-refractivity contribution < 1.29 is 9.18 Å². The molecule has 1 amide bonds. The van der Waals surface area contributed by atoms with Crippen molar-refractivity contribution in [2.24, 2.45) is 0 Å². The Kier molecular flexibility index (Phi) is 8.35. The molecule has 0 saturated carbocycles. The van der Waals surface area contributed by atoms with E-state index in [1.807, 2.05) is 49.6 Å². The summed E-state index contributed by atoms with van der Waals surface area (Å²) in [7, 11) is 2.10. The van der Waals surface area contributed by atoms with E-state index in [1.54, 1.807) is 23.4 Å². The predicted octanol–water partition coefficient (Wildman–Crippen LogP) is 5.66. The van der Waals surface area contributed by atoms with Crippen LogP contribution in [0.25, 0.3) is 27.6 Å². The molecule has 0 radical (unpaired) electrons. The van der Waals surface area contributed by atoms with Gasteiger partial charge in [0, 0.05) is 36.9 Å². The predicted molar refractivity (Wildman–Crippen MR) is 161 cm³/mol. The third kappa shape index (κ3) is 6.10. The minimum Gasteiger partial charge on any atom is -0.336 e. The van der Waals surface area contributed by atoms with Gasteiger partial charge in [0.25, 0.3) is 5.91 Å². The summed E-state index contributed by atoms with van der Waals surface area (Å²) in [5, 5.41) is 1.08. The summed E-state index contributed by atoms with van der Waals surface area (Å²) in [6.07, 6.45) is 8.53. The fourth-order valence-corrected chi connectivity index (χ4v) is 5.60. The number of nitrogens with one attached hydrogen (secondary N) is 2. The zero-order valence-corrected chi connectivity index (χ0v) is 24.1. The van der Waals surface area contributed by atoms with Crippen molar-refractivity contribution in [1.82, 2.24) is 29.3 Å². The maximum Gasteiger partial charge on any atom is 0.323 e. The summed E-state index contributed by atoms with van der Waals surface area (Å²) >= 11 is 0. The maximum absolute atomic E-state index is 14.4. The molecule has 0 atom stereocenters. The second-order valence-corrected chi connectivity index (χ2v) is 10.9. The number of benzene rings is 2. The second-order valence-electron chi connectivity index (χ2n) is 10.9. The molecule has 2 N–H and O–H groups in total. The van der Waals surface area contributed by atoms with Gasteiger partial charge in [0.2, 0.25) is 0 Å². The summed E-state index contributed by atoms with van der Waals surface area (Å²) in [5.74, 6) is -0.619. The molecule has 5 aromatic rings. The van der Waals surface area contributed by atoms with Crippen LogP contribution in [0.3, 0.4) is 0 Å². The number of aromatic amines is 2. The van der Waals surface area contributed by atoms with Gasteiger partial charge in [-0.15, -0.1) is 0 Å². The van der Waals surface area contributed by atoms with Gasteiger partial charge >= 0.3 is 5.69 Å². The van der Waals surface area contributed by atoms with Crippen molar-refractivity contribution in [2.75, 3.05) is 20.1 Å². The van der Waals surface area contributed by atoms with E-state index in [0.717, 1.165) is 59.9 Å². The van der Waals surface area contributed by atoms with Gasteiger partial charge in [-0.3, -0.25) is 9.78 Å². The number of rotatable bonds is 11. The molecule has 0 saturated heterocycles. The highest BCUT2D eigenvalue weighted by molar-refractivity contribution is 5.99. The van der Waals surface area contributed by atoms with Gasteiger partial charge in [-0.25, -0.2) is 9.18 Å². The molecular formula is C32H37FN6O2. The number of imidazole rings is 1. The smallest absolute Gasteiger partial charge is 0.323 e.